The van der Waals surface area contributed by atoms with Crippen LogP contribution in [0.25, 0.3) is 0 Å². The molecule has 3 amide bonds. The van der Waals surface area contributed by atoms with Gasteiger partial charge in [-0.1, -0.05) is 0 Å². The van der Waals surface area contributed by atoms with Crippen molar-refractivity contribution in [1.82, 2.24) is 10.6 Å². The minimum atomic E-state index is -0.590. The Labute approximate surface area is 129 Å². The molecular formula is C16H21N3O3. The number of anilines is 1. The van der Waals surface area contributed by atoms with Crippen LogP contribution < -0.4 is 15.5 Å². The van der Waals surface area contributed by atoms with Gasteiger partial charge >= 0.3 is 0 Å². The van der Waals surface area contributed by atoms with E-state index in [1.54, 1.807) is 36.1 Å². The summed E-state index contributed by atoms with van der Waals surface area (Å²) >= 11 is 0. The topological polar surface area (TPSA) is 78.5 Å². The Balaban J connectivity index is 1.99. The van der Waals surface area contributed by atoms with Gasteiger partial charge in [-0.3, -0.25) is 14.4 Å². The molecule has 2 rings (SSSR count). The summed E-state index contributed by atoms with van der Waals surface area (Å²) in [5.74, 6) is -0.407. The van der Waals surface area contributed by atoms with Gasteiger partial charge in [-0.15, -0.1) is 0 Å². The third-order valence-electron chi connectivity index (χ3n) is 3.61. The molecule has 6 heteroatoms. The summed E-state index contributed by atoms with van der Waals surface area (Å²) in [7, 11) is 0. The lowest BCUT2D eigenvalue weighted by Gasteiger charge is -2.16. The summed E-state index contributed by atoms with van der Waals surface area (Å²) in [4.78, 5) is 37.1. The number of carbonyl (C=O) groups excluding carboxylic acids is 3. The Bertz CT molecular complexity index is 569. The van der Waals surface area contributed by atoms with E-state index < -0.39 is 6.04 Å². The number of nitrogens with zero attached hydrogens (tertiary/aromatic N) is 1. The lowest BCUT2D eigenvalue weighted by atomic mass is 10.1. The molecule has 22 heavy (non-hydrogen) atoms. The number of benzene rings is 1. The molecule has 0 unspecified atom stereocenters. The van der Waals surface area contributed by atoms with Crippen LogP contribution in [0.2, 0.25) is 0 Å². The fourth-order valence-corrected chi connectivity index (χ4v) is 2.39. The summed E-state index contributed by atoms with van der Waals surface area (Å²) in [6.07, 6.45) is 1.44. The molecule has 0 bridgehead atoms. The molecule has 0 radical (unpaired) electrons. The Morgan fingerprint density at radius 1 is 1.27 bits per heavy atom. The Morgan fingerprint density at radius 2 is 1.95 bits per heavy atom. The molecular weight excluding hydrogens is 282 g/mol. The Hall–Kier alpha value is -2.37. The second-order valence-electron chi connectivity index (χ2n) is 5.29. The van der Waals surface area contributed by atoms with Crippen molar-refractivity contribution in [2.24, 2.45) is 0 Å². The van der Waals surface area contributed by atoms with Gasteiger partial charge in [0.2, 0.25) is 11.8 Å². The van der Waals surface area contributed by atoms with Gasteiger partial charge in [0, 0.05) is 30.8 Å². The monoisotopic (exact) mass is 303 g/mol. The highest BCUT2D eigenvalue weighted by molar-refractivity contribution is 5.99. The zero-order valence-corrected chi connectivity index (χ0v) is 12.9. The molecule has 118 valence electrons. The van der Waals surface area contributed by atoms with Gasteiger partial charge in [-0.25, -0.2) is 0 Å². The van der Waals surface area contributed by atoms with E-state index in [9.17, 15) is 14.4 Å². The van der Waals surface area contributed by atoms with E-state index >= 15 is 0 Å². The largest absolute Gasteiger partial charge is 0.355 e. The van der Waals surface area contributed by atoms with Crippen molar-refractivity contribution < 1.29 is 14.4 Å². The number of hydrogen-bond acceptors (Lipinski definition) is 3. The summed E-state index contributed by atoms with van der Waals surface area (Å²) in [6, 6.07) is 6.26. The molecule has 1 atom stereocenters. The number of hydrogen-bond donors (Lipinski definition) is 2. The van der Waals surface area contributed by atoms with E-state index in [-0.39, 0.29) is 17.7 Å². The normalized spacial score (nSPS) is 15.5. The molecule has 1 saturated heterocycles. The summed E-state index contributed by atoms with van der Waals surface area (Å²) in [6.45, 7) is 4.71. The van der Waals surface area contributed by atoms with E-state index in [0.29, 0.717) is 18.5 Å². The van der Waals surface area contributed by atoms with Crippen molar-refractivity contribution in [1.29, 1.82) is 0 Å². The Morgan fingerprint density at radius 3 is 2.50 bits per heavy atom. The molecule has 1 fully saturated rings. The van der Waals surface area contributed by atoms with E-state index in [1.165, 1.54) is 0 Å². The molecule has 0 saturated carbocycles. The number of nitrogens with one attached hydrogen (secondary N) is 2. The van der Waals surface area contributed by atoms with Crippen LogP contribution in [0.1, 0.15) is 37.0 Å². The van der Waals surface area contributed by atoms with Gasteiger partial charge in [-0.05, 0) is 44.5 Å². The standard InChI is InChI=1S/C16H21N3O3/c1-3-17-15(21)11(2)18-16(22)12-6-8-13(9-7-12)19-10-4-5-14(19)20/h6-9,11H,3-5,10H2,1-2H3,(H,17,21)(H,18,22)/t11-/m1/s1. The van der Waals surface area contributed by atoms with E-state index in [4.69, 9.17) is 0 Å². The van der Waals surface area contributed by atoms with Crippen LogP contribution in [0, 0.1) is 0 Å². The quantitative estimate of drug-likeness (QED) is 0.854. The van der Waals surface area contributed by atoms with Crippen LogP contribution >= 0.6 is 0 Å². The average Bonchev–Trinajstić information content (AvgIpc) is 2.93. The maximum atomic E-state index is 12.1. The second kappa shape index (κ2) is 7.06. The minimum Gasteiger partial charge on any atom is -0.355 e. The molecule has 1 aliphatic rings. The zero-order chi connectivity index (χ0) is 16.1. The smallest absolute Gasteiger partial charge is 0.251 e. The molecule has 0 aromatic heterocycles. The van der Waals surface area contributed by atoms with Crippen molar-refractivity contribution in [3.8, 4) is 0 Å². The maximum absolute atomic E-state index is 12.1. The molecule has 0 aliphatic carbocycles. The molecule has 1 aromatic rings. The molecule has 2 N–H and O–H groups in total. The Kier molecular flexibility index (Phi) is 5.14. The first-order chi connectivity index (χ1) is 10.5. The molecule has 1 heterocycles. The van der Waals surface area contributed by atoms with Crippen LogP contribution in [0.4, 0.5) is 5.69 Å². The summed E-state index contributed by atoms with van der Waals surface area (Å²) in [5, 5.41) is 5.30. The van der Waals surface area contributed by atoms with Crippen molar-refractivity contribution in [3.63, 3.8) is 0 Å². The first kappa shape index (κ1) is 16.0. The predicted molar refractivity (Wildman–Crippen MR) is 83.6 cm³/mol. The second-order valence-corrected chi connectivity index (χ2v) is 5.29. The summed E-state index contributed by atoms with van der Waals surface area (Å²) < 4.78 is 0. The van der Waals surface area contributed by atoms with Gasteiger partial charge in [0.05, 0.1) is 0 Å². The third kappa shape index (κ3) is 3.63. The number of likely N-dealkylation sites (N-methyl/N-ethyl adjacent to an activating group) is 1. The van der Waals surface area contributed by atoms with Crippen molar-refractivity contribution in [3.05, 3.63) is 29.8 Å². The lowest BCUT2D eigenvalue weighted by Crippen LogP contribution is -2.44. The van der Waals surface area contributed by atoms with Crippen molar-refractivity contribution in [2.45, 2.75) is 32.7 Å². The van der Waals surface area contributed by atoms with Gasteiger partial charge in [0.15, 0.2) is 0 Å². The van der Waals surface area contributed by atoms with Crippen LogP contribution in [-0.4, -0.2) is 36.9 Å². The van der Waals surface area contributed by atoms with Gasteiger partial charge < -0.3 is 15.5 Å². The van der Waals surface area contributed by atoms with Crippen molar-refractivity contribution >= 4 is 23.4 Å². The third-order valence-corrected chi connectivity index (χ3v) is 3.61. The first-order valence-electron chi connectivity index (χ1n) is 7.52. The van der Waals surface area contributed by atoms with E-state index in [2.05, 4.69) is 10.6 Å². The highest BCUT2D eigenvalue weighted by atomic mass is 16.2. The molecule has 6 nitrogen and oxygen atoms in total. The van der Waals surface area contributed by atoms with E-state index in [1.807, 2.05) is 6.92 Å². The van der Waals surface area contributed by atoms with Crippen LogP contribution in [-0.2, 0) is 9.59 Å². The van der Waals surface area contributed by atoms with Crippen LogP contribution in [0.15, 0.2) is 24.3 Å². The highest BCUT2D eigenvalue weighted by Gasteiger charge is 2.22. The van der Waals surface area contributed by atoms with Gasteiger partial charge in [0.25, 0.3) is 5.91 Å². The average molecular weight is 303 g/mol. The maximum Gasteiger partial charge on any atom is 0.251 e. The minimum absolute atomic E-state index is 0.113. The molecule has 1 aromatic carbocycles. The van der Waals surface area contributed by atoms with Gasteiger partial charge in [0.1, 0.15) is 6.04 Å². The van der Waals surface area contributed by atoms with Crippen LogP contribution in [0.3, 0.4) is 0 Å². The molecule has 0 spiro atoms. The first-order valence-corrected chi connectivity index (χ1v) is 7.52. The number of rotatable bonds is 5. The zero-order valence-electron chi connectivity index (χ0n) is 12.9. The molecule has 1 aliphatic heterocycles. The van der Waals surface area contributed by atoms with Crippen LogP contribution in [0.5, 0.6) is 0 Å². The van der Waals surface area contributed by atoms with Crippen molar-refractivity contribution in [2.75, 3.05) is 18.0 Å². The predicted octanol–water partition coefficient (Wildman–Crippen LogP) is 1.07. The summed E-state index contributed by atoms with van der Waals surface area (Å²) in [5.41, 5.74) is 1.27. The van der Waals surface area contributed by atoms with E-state index in [0.717, 1.165) is 18.7 Å². The SMILES string of the molecule is CCNC(=O)[C@@H](C)NC(=O)c1ccc(N2CCCC2=O)cc1. The lowest BCUT2D eigenvalue weighted by molar-refractivity contribution is -0.122. The fourth-order valence-electron chi connectivity index (χ4n) is 2.39. The highest BCUT2D eigenvalue weighted by Crippen LogP contribution is 2.21. The van der Waals surface area contributed by atoms with Gasteiger partial charge in [-0.2, -0.15) is 0 Å². The number of amides is 3. The fraction of sp³-hybridized carbons (Fsp3) is 0.438. The number of carbonyl (C=O) groups is 3.